The third kappa shape index (κ3) is 2.91. The average molecular weight is 367 g/mol. The SMILES string of the molecule is C[C@@]12CC[C@H]3[C@@H]4CC[C@H](O)C[C@@H]4CC[C@@H]3[C@H]1CC(=Cc1ccccc1)[C@H]2O. The Bertz CT molecular complexity index is 710. The molecule has 2 N–H and O–H groups in total. The molecule has 0 spiro atoms. The Balaban J connectivity index is 1.41. The van der Waals surface area contributed by atoms with E-state index in [9.17, 15) is 10.2 Å². The molecule has 0 saturated heterocycles. The molecule has 5 rings (SSSR count). The van der Waals surface area contributed by atoms with Gasteiger partial charge in [0.05, 0.1) is 12.2 Å². The molecule has 2 nitrogen and oxygen atoms in total. The maximum atomic E-state index is 11.3. The summed E-state index contributed by atoms with van der Waals surface area (Å²) in [4.78, 5) is 0. The van der Waals surface area contributed by atoms with Crippen LogP contribution in [0.15, 0.2) is 35.9 Å². The van der Waals surface area contributed by atoms with Crippen LogP contribution < -0.4 is 0 Å². The van der Waals surface area contributed by atoms with Crippen molar-refractivity contribution in [1.82, 2.24) is 0 Å². The largest absolute Gasteiger partial charge is 0.393 e. The summed E-state index contributed by atoms with van der Waals surface area (Å²) in [5.41, 5.74) is 2.54. The highest BCUT2D eigenvalue weighted by Gasteiger charge is 2.58. The van der Waals surface area contributed by atoms with Crippen LogP contribution in [0.25, 0.3) is 6.08 Å². The smallest absolute Gasteiger partial charge is 0.0809 e. The lowest BCUT2D eigenvalue weighted by molar-refractivity contribution is -0.0897. The predicted octanol–water partition coefficient (Wildman–Crippen LogP) is 5.05. The van der Waals surface area contributed by atoms with Gasteiger partial charge in [-0.15, -0.1) is 0 Å². The number of aliphatic hydroxyl groups is 2. The molecule has 4 aliphatic carbocycles. The standard InChI is InChI=1S/C25H34O2/c1-25-12-11-21-20-10-8-19(26)14-17(20)7-9-22(21)23(25)15-18(24(25)27)13-16-5-3-2-4-6-16/h2-6,13,17,19-24,26-27H,7-12,14-15H2,1H3/t17-,19-,20+,21-,22-,23+,24+,25+/m0/s1. The summed E-state index contributed by atoms with van der Waals surface area (Å²) in [7, 11) is 0. The Hall–Kier alpha value is -1.12. The van der Waals surface area contributed by atoms with Crippen molar-refractivity contribution < 1.29 is 10.2 Å². The summed E-state index contributed by atoms with van der Waals surface area (Å²) in [5, 5.41) is 21.4. The molecular weight excluding hydrogens is 332 g/mol. The van der Waals surface area contributed by atoms with Gasteiger partial charge in [-0.1, -0.05) is 43.3 Å². The van der Waals surface area contributed by atoms with E-state index in [4.69, 9.17) is 0 Å². The van der Waals surface area contributed by atoms with E-state index in [1.54, 1.807) is 0 Å². The normalized spacial score (nSPS) is 48.0. The highest BCUT2D eigenvalue weighted by atomic mass is 16.3. The first-order valence-corrected chi connectivity index (χ1v) is 11.2. The van der Waals surface area contributed by atoms with E-state index >= 15 is 0 Å². The van der Waals surface area contributed by atoms with Crippen molar-refractivity contribution in [3.8, 4) is 0 Å². The third-order valence-corrected chi connectivity index (χ3v) is 8.95. The molecule has 0 radical (unpaired) electrons. The van der Waals surface area contributed by atoms with Gasteiger partial charge >= 0.3 is 0 Å². The second-order valence-electron chi connectivity index (χ2n) is 10.2. The van der Waals surface area contributed by atoms with Crippen molar-refractivity contribution in [2.75, 3.05) is 0 Å². The molecule has 4 aliphatic rings. The number of hydrogen-bond donors (Lipinski definition) is 2. The maximum Gasteiger partial charge on any atom is 0.0809 e. The molecule has 0 bridgehead atoms. The van der Waals surface area contributed by atoms with Crippen LogP contribution in [0.4, 0.5) is 0 Å². The molecule has 1 aromatic carbocycles. The molecular formula is C25H34O2. The van der Waals surface area contributed by atoms with Gasteiger partial charge in [0.1, 0.15) is 0 Å². The zero-order valence-corrected chi connectivity index (χ0v) is 16.6. The molecule has 0 aliphatic heterocycles. The molecule has 2 heteroatoms. The van der Waals surface area contributed by atoms with Crippen LogP contribution in [0.1, 0.15) is 63.9 Å². The summed E-state index contributed by atoms with van der Waals surface area (Å²) in [5.74, 6) is 3.82. The van der Waals surface area contributed by atoms with Crippen molar-refractivity contribution in [2.45, 2.75) is 70.5 Å². The average Bonchev–Trinajstić information content (AvgIpc) is 2.93. The fourth-order valence-electron chi connectivity index (χ4n) is 7.59. The van der Waals surface area contributed by atoms with Gasteiger partial charge in [0.25, 0.3) is 0 Å². The lowest BCUT2D eigenvalue weighted by atomic mass is 9.50. The van der Waals surface area contributed by atoms with Crippen molar-refractivity contribution in [3.63, 3.8) is 0 Å². The van der Waals surface area contributed by atoms with Crippen molar-refractivity contribution in [3.05, 3.63) is 41.5 Å². The van der Waals surface area contributed by atoms with Crippen LogP contribution >= 0.6 is 0 Å². The van der Waals surface area contributed by atoms with Crippen molar-refractivity contribution in [1.29, 1.82) is 0 Å². The van der Waals surface area contributed by atoms with Gasteiger partial charge in [-0.3, -0.25) is 0 Å². The van der Waals surface area contributed by atoms with Gasteiger partial charge in [0, 0.05) is 5.41 Å². The zero-order valence-electron chi connectivity index (χ0n) is 16.6. The molecule has 8 atom stereocenters. The lowest BCUT2D eigenvalue weighted by Gasteiger charge is -2.55. The monoisotopic (exact) mass is 366 g/mol. The lowest BCUT2D eigenvalue weighted by Crippen LogP contribution is -2.49. The number of benzene rings is 1. The van der Waals surface area contributed by atoms with E-state index in [1.165, 1.54) is 36.8 Å². The summed E-state index contributed by atoms with van der Waals surface area (Å²) in [6.45, 7) is 2.36. The fourth-order valence-corrected chi connectivity index (χ4v) is 7.59. The number of hydrogen-bond acceptors (Lipinski definition) is 2. The first-order valence-electron chi connectivity index (χ1n) is 11.2. The highest BCUT2D eigenvalue weighted by Crippen LogP contribution is 2.63. The molecule has 0 aromatic heterocycles. The molecule has 0 unspecified atom stereocenters. The Morgan fingerprint density at radius 2 is 1.70 bits per heavy atom. The first-order chi connectivity index (χ1) is 13.1. The van der Waals surface area contributed by atoms with E-state index in [-0.39, 0.29) is 17.6 Å². The zero-order chi connectivity index (χ0) is 18.6. The molecule has 0 heterocycles. The Labute approximate surface area is 163 Å². The predicted molar refractivity (Wildman–Crippen MR) is 109 cm³/mol. The van der Waals surface area contributed by atoms with Gasteiger partial charge in [-0.05, 0) is 92.1 Å². The van der Waals surface area contributed by atoms with E-state index in [2.05, 4.69) is 43.3 Å². The molecule has 0 amide bonds. The Morgan fingerprint density at radius 1 is 0.926 bits per heavy atom. The van der Waals surface area contributed by atoms with Gasteiger partial charge < -0.3 is 10.2 Å². The molecule has 1 aromatic rings. The number of aliphatic hydroxyl groups excluding tert-OH is 2. The summed E-state index contributed by atoms with van der Waals surface area (Å²) < 4.78 is 0. The summed E-state index contributed by atoms with van der Waals surface area (Å²) in [6, 6.07) is 10.5. The summed E-state index contributed by atoms with van der Waals surface area (Å²) >= 11 is 0. The Kier molecular flexibility index (Phi) is 4.48. The molecule has 4 saturated carbocycles. The van der Waals surface area contributed by atoms with E-state index in [0.717, 1.165) is 49.4 Å². The van der Waals surface area contributed by atoms with Gasteiger partial charge in [-0.2, -0.15) is 0 Å². The highest BCUT2D eigenvalue weighted by molar-refractivity contribution is 5.55. The molecule has 146 valence electrons. The van der Waals surface area contributed by atoms with Crippen LogP contribution in [0, 0.1) is 35.0 Å². The van der Waals surface area contributed by atoms with Crippen LogP contribution in [-0.2, 0) is 0 Å². The van der Waals surface area contributed by atoms with Crippen LogP contribution in [0.2, 0.25) is 0 Å². The minimum Gasteiger partial charge on any atom is -0.393 e. The van der Waals surface area contributed by atoms with Crippen molar-refractivity contribution in [2.24, 2.45) is 35.0 Å². The third-order valence-electron chi connectivity index (χ3n) is 8.95. The minimum atomic E-state index is -0.283. The maximum absolute atomic E-state index is 11.3. The quantitative estimate of drug-likeness (QED) is 0.730. The first kappa shape index (κ1) is 17.9. The van der Waals surface area contributed by atoms with E-state index in [1.807, 2.05) is 0 Å². The number of fused-ring (bicyclic) bond motifs is 5. The van der Waals surface area contributed by atoms with Crippen LogP contribution in [-0.4, -0.2) is 22.4 Å². The minimum absolute atomic E-state index is 0.0506. The van der Waals surface area contributed by atoms with E-state index < -0.39 is 0 Å². The van der Waals surface area contributed by atoms with Gasteiger partial charge in [-0.25, -0.2) is 0 Å². The van der Waals surface area contributed by atoms with Gasteiger partial charge in [0.15, 0.2) is 0 Å². The second kappa shape index (κ2) is 6.74. The van der Waals surface area contributed by atoms with E-state index in [0.29, 0.717) is 5.92 Å². The van der Waals surface area contributed by atoms with Crippen LogP contribution in [0.3, 0.4) is 0 Å². The summed E-state index contributed by atoms with van der Waals surface area (Å²) in [6.07, 6.45) is 11.3. The Morgan fingerprint density at radius 3 is 2.52 bits per heavy atom. The number of rotatable bonds is 1. The van der Waals surface area contributed by atoms with Crippen LogP contribution in [0.5, 0.6) is 0 Å². The molecule has 4 fully saturated rings. The van der Waals surface area contributed by atoms with Crippen molar-refractivity contribution >= 4 is 6.08 Å². The topological polar surface area (TPSA) is 40.5 Å². The second-order valence-corrected chi connectivity index (χ2v) is 10.2. The molecule has 27 heavy (non-hydrogen) atoms. The van der Waals surface area contributed by atoms with Gasteiger partial charge in [0.2, 0.25) is 0 Å². The fraction of sp³-hybridized carbons (Fsp3) is 0.680.